The quantitative estimate of drug-likeness (QED) is 0.852. The monoisotopic (exact) mass is 387 g/mol. The molecule has 1 amide bonds. The van der Waals surface area contributed by atoms with E-state index in [1.165, 1.54) is 4.90 Å². The number of aliphatic carboxylic acids is 1. The number of carbonyl (C=O) groups is 2. The fourth-order valence-corrected chi connectivity index (χ4v) is 4.57. The van der Waals surface area contributed by atoms with Gasteiger partial charge >= 0.3 is 5.97 Å². The van der Waals surface area contributed by atoms with Crippen LogP contribution in [0.3, 0.4) is 0 Å². The second-order valence-electron chi connectivity index (χ2n) is 6.76. The molecule has 1 aliphatic heterocycles. The maximum Gasteiger partial charge on any atom is 0.326 e. The average Bonchev–Trinajstić information content (AvgIpc) is 3.12. The van der Waals surface area contributed by atoms with E-state index in [-0.39, 0.29) is 16.6 Å². The fourth-order valence-electron chi connectivity index (χ4n) is 3.22. The smallest absolute Gasteiger partial charge is 0.326 e. The first-order valence-corrected chi connectivity index (χ1v) is 10.4. The highest BCUT2D eigenvalue weighted by Crippen LogP contribution is 2.22. The van der Waals surface area contributed by atoms with E-state index in [0.717, 1.165) is 5.56 Å². The number of hydrogen-bond acceptors (Lipinski definition) is 4. The van der Waals surface area contributed by atoms with Crippen LogP contribution in [-0.4, -0.2) is 42.9 Å². The van der Waals surface area contributed by atoms with Crippen molar-refractivity contribution < 1.29 is 23.1 Å². The van der Waals surface area contributed by atoms with Gasteiger partial charge in [-0.2, -0.15) is 0 Å². The zero-order chi connectivity index (χ0) is 19.6. The number of sulfone groups is 1. The number of benzene rings is 2. The lowest BCUT2D eigenvalue weighted by Crippen LogP contribution is -2.40. The highest BCUT2D eigenvalue weighted by atomic mass is 32.2. The van der Waals surface area contributed by atoms with E-state index in [1.807, 2.05) is 6.92 Å². The van der Waals surface area contributed by atoms with Crippen molar-refractivity contribution in [2.45, 2.75) is 36.5 Å². The molecule has 2 aromatic carbocycles. The van der Waals surface area contributed by atoms with Crippen molar-refractivity contribution in [3.63, 3.8) is 0 Å². The van der Waals surface area contributed by atoms with Crippen LogP contribution in [0.4, 0.5) is 0 Å². The third-order valence-corrected chi connectivity index (χ3v) is 6.44. The molecule has 2 aromatic rings. The molecule has 0 spiro atoms. The molecule has 1 heterocycles. The molecule has 1 saturated heterocycles. The lowest BCUT2D eigenvalue weighted by atomic mass is 10.1. The van der Waals surface area contributed by atoms with Crippen LogP contribution in [-0.2, 0) is 20.4 Å². The van der Waals surface area contributed by atoms with Crippen LogP contribution < -0.4 is 0 Å². The van der Waals surface area contributed by atoms with Crippen LogP contribution in [0.25, 0.3) is 0 Å². The van der Waals surface area contributed by atoms with Crippen LogP contribution >= 0.6 is 0 Å². The molecule has 1 fully saturated rings. The van der Waals surface area contributed by atoms with Gasteiger partial charge in [0.1, 0.15) is 6.04 Å². The molecule has 1 atom stereocenters. The maximum atomic E-state index is 12.6. The van der Waals surface area contributed by atoms with Gasteiger partial charge in [-0.1, -0.05) is 29.8 Å². The molecule has 0 saturated carbocycles. The third-order valence-electron chi connectivity index (χ3n) is 4.74. The molecular formula is C20H21NO5S. The van der Waals surface area contributed by atoms with Crippen molar-refractivity contribution in [2.24, 2.45) is 0 Å². The Morgan fingerprint density at radius 1 is 1.07 bits per heavy atom. The largest absolute Gasteiger partial charge is 0.480 e. The second-order valence-corrected chi connectivity index (χ2v) is 8.75. The highest BCUT2D eigenvalue weighted by molar-refractivity contribution is 7.90. The predicted molar refractivity (Wildman–Crippen MR) is 100 cm³/mol. The molecule has 0 aliphatic carbocycles. The van der Waals surface area contributed by atoms with E-state index in [1.54, 1.807) is 48.5 Å². The van der Waals surface area contributed by atoms with Gasteiger partial charge in [-0.3, -0.25) is 4.79 Å². The lowest BCUT2D eigenvalue weighted by Gasteiger charge is -2.21. The first-order valence-electron chi connectivity index (χ1n) is 8.70. The van der Waals surface area contributed by atoms with Gasteiger partial charge in [0.25, 0.3) is 5.91 Å². The van der Waals surface area contributed by atoms with Crippen molar-refractivity contribution in [1.29, 1.82) is 0 Å². The van der Waals surface area contributed by atoms with Gasteiger partial charge in [0.2, 0.25) is 0 Å². The van der Waals surface area contributed by atoms with Crippen molar-refractivity contribution in [2.75, 3.05) is 6.54 Å². The number of likely N-dealkylation sites (tertiary alicyclic amines) is 1. The average molecular weight is 387 g/mol. The van der Waals surface area contributed by atoms with Crippen LogP contribution in [0.15, 0.2) is 53.4 Å². The van der Waals surface area contributed by atoms with Gasteiger partial charge in [-0.05, 0) is 49.6 Å². The van der Waals surface area contributed by atoms with E-state index in [4.69, 9.17) is 0 Å². The van der Waals surface area contributed by atoms with E-state index in [2.05, 4.69) is 0 Å². The van der Waals surface area contributed by atoms with Crippen LogP contribution in [0.2, 0.25) is 0 Å². The van der Waals surface area contributed by atoms with Gasteiger partial charge in [0.15, 0.2) is 9.84 Å². The van der Waals surface area contributed by atoms with Gasteiger partial charge in [-0.15, -0.1) is 0 Å². The van der Waals surface area contributed by atoms with Crippen LogP contribution in [0.5, 0.6) is 0 Å². The zero-order valence-corrected chi connectivity index (χ0v) is 15.8. The van der Waals surface area contributed by atoms with E-state index < -0.39 is 21.8 Å². The van der Waals surface area contributed by atoms with Crippen molar-refractivity contribution in [3.05, 3.63) is 65.2 Å². The highest BCUT2D eigenvalue weighted by Gasteiger charge is 2.34. The Bertz CT molecular complexity index is 949. The zero-order valence-electron chi connectivity index (χ0n) is 15.0. The molecule has 27 heavy (non-hydrogen) atoms. The molecule has 0 aromatic heterocycles. The number of hydrogen-bond donors (Lipinski definition) is 1. The Morgan fingerprint density at radius 3 is 2.30 bits per heavy atom. The van der Waals surface area contributed by atoms with Crippen LogP contribution in [0.1, 0.15) is 34.3 Å². The van der Waals surface area contributed by atoms with Crippen molar-refractivity contribution in [1.82, 2.24) is 4.90 Å². The summed E-state index contributed by atoms with van der Waals surface area (Å²) in [6, 6.07) is 12.2. The Balaban J connectivity index is 1.74. The standard InChI is InChI=1S/C20H21NO5S/c1-14-4-10-17(11-5-14)27(25,26)13-15-6-8-16(9-7-15)19(22)21-12-2-3-18(21)20(23)24/h4-11,18H,2-3,12-13H2,1H3,(H,23,24)/t18-/m0/s1. The molecular weight excluding hydrogens is 366 g/mol. The molecule has 1 aliphatic rings. The number of carboxylic acids is 1. The molecule has 0 bridgehead atoms. The molecule has 1 N–H and O–H groups in total. The Hall–Kier alpha value is -2.67. The van der Waals surface area contributed by atoms with Gasteiger partial charge in [-0.25, -0.2) is 13.2 Å². The maximum absolute atomic E-state index is 12.6. The molecule has 0 radical (unpaired) electrons. The number of carbonyl (C=O) groups excluding carboxylic acids is 1. The Labute approximate surface area is 158 Å². The van der Waals surface area contributed by atoms with Gasteiger partial charge in [0.05, 0.1) is 10.6 Å². The third kappa shape index (κ3) is 4.19. The molecule has 0 unspecified atom stereocenters. The molecule has 6 nitrogen and oxygen atoms in total. The van der Waals surface area contributed by atoms with E-state index >= 15 is 0 Å². The summed E-state index contributed by atoms with van der Waals surface area (Å²) >= 11 is 0. The summed E-state index contributed by atoms with van der Waals surface area (Å²) in [5.41, 5.74) is 1.92. The fraction of sp³-hybridized carbons (Fsp3) is 0.300. The number of carboxylic acid groups (broad SMARTS) is 1. The minimum absolute atomic E-state index is 0.161. The summed E-state index contributed by atoms with van der Waals surface area (Å²) in [6.07, 6.45) is 1.11. The van der Waals surface area contributed by atoms with Gasteiger partial charge < -0.3 is 10.0 Å². The number of amides is 1. The summed E-state index contributed by atoms with van der Waals surface area (Å²) in [4.78, 5) is 25.4. The number of rotatable bonds is 5. The second kappa shape index (κ2) is 7.52. The summed E-state index contributed by atoms with van der Waals surface area (Å²) in [5, 5.41) is 9.22. The normalized spacial score (nSPS) is 17.1. The van der Waals surface area contributed by atoms with Gasteiger partial charge in [0, 0.05) is 12.1 Å². The topological polar surface area (TPSA) is 91.8 Å². The first kappa shape index (κ1) is 19.1. The molecule has 3 rings (SSSR count). The first-order chi connectivity index (χ1) is 12.8. The van der Waals surface area contributed by atoms with Crippen LogP contribution in [0, 0.1) is 6.92 Å². The summed E-state index contributed by atoms with van der Waals surface area (Å²) in [6.45, 7) is 2.31. The number of nitrogens with zero attached hydrogens (tertiary/aromatic N) is 1. The molecule has 7 heteroatoms. The summed E-state index contributed by atoms with van der Waals surface area (Å²) in [5.74, 6) is -1.50. The summed E-state index contributed by atoms with van der Waals surface area (Å²) in [7, 11) is -3.47. The van der Waals surface area contributed by atoms with E-state index in [9.17, 15) is 23.1 Å². The minimum atomic E-state index is -3.47. The van der Waals surface area contributed by atoms with Crippen molar-refractivity contribution >= 4 is 21.7 Å². The lowest BCUT2D eigenvalue weighted by molar-refractivity contribution is -0.141. The predicted octanol–water partition coefficient (Wildman–Crippen LogP) is 2.66. The SMILES string of the molecule is Cc1ccc(S(=O)(=O)Cc2ccc(C(=O)N3CCC[C@H]3C(=O)O)cc2)cc1. The number of aryl methyl sites for hydroxylation is 1. The Kier molecular flexibility index (Phi) is 5.32. The minimum Gasteiger partial charge on any atom is -0.480 e. The van der Waals surface area contributed by atoms with E-state index in [0.29, 0.717) is 30.5 Å². The Morgan fingerprint density at radius 2 is 1.70 bits per heavy atom. The summed E-state index contributed by atoms with van der Waals surface area (Å²) < 4.78 is 25.0. The molecule has 142 valence electrons. The van der Waals surface area contributed by atoms with Crippen molar-refractivity contribution in [3.8, 4) is 0 Å².